The van der Waals surface area contributed by atoms with E-state index < -0.39 is 12.0 Å². The lowest BCUT2D eigenvalue weighted by Gasteiger charge is -2.22. The Morgan fingerprint density at radius 3 is 2.79 bits per heavy atom. The lowest BCUT2D eigenvalue weighted by Crippen LogP contribution is -2.43. The van der Waals surface area contributed by atoms with Gasteiger partial charge in [-0.25, -0.2) is 4.79 Å². The van der Waals surface area contributed by atoms with Crippen LogP contribution in [0.25, 0.3) is 0 Å². The molecule has 1 aliphatic heterocycles. The molecule has 1 unspecified atom stereocenters. The van der Waals surface area contributed by atoms with E-state index in [1.165, 1.54) is 4.90 Å². The number of carbonyl (C=O) groups excluding carboxylic acids is 1. The summed E-state index contributed by atoms with van der Waals surface area (Å²) in [5, 5.41) is 9.59. The van der Waals surface area contributed by atoms with Gasteiger partial charge in [0.25, 0.3) is 0 Å². The number of hydrogen-bond donors (Lipinski definition) is 2. The Balaban J connectivity index is 2.68. The molecule has 0 aliphatic carbocycles. The highest BCUT2D eigenvalue weighted by Gasteiger charge is 2.36. The molecule has 14 heavy (non-hydrogen) atoms. The molecule has 0 aromatic carbocycles. The molecule has 80 valence electrons. The number of amides is 1. The van der Waals surface area contributed by atoms with Gasteiger partial charge >= 0.3 is 5.97 Å². The van der Waals surface area contributed by atoms with Crippen LogP contribution in [0.15, 0.2) is 0 Å². The van der Waals surface area contributed by atoms with Crippen molar-refractivity contribution in [2.45, 2.75) is 12.5 Å². The molecule has 0 saturated carbocycles. The van der Waals surface area contributed by atoms with Crippen molar-refractivity contribution in [1.29, 1.82) is 0 Å². The molecule has 2 atom stereocenters. The maximum atomic E-state index is 11.5. The predicted octanol–water partition coefficient (Wildman–Crippen LogP) is 0.613. The maximum absolute atomic E-state index is 11.5. The van der Waals surface area contributed by atoms with Crippen LogP contribution in [-0.2, 0) is 9.59 Å². The highest BCUT2D eigenvalue weighted by Crippen LogP contribution is 2.22. The number of carbonyl (C=O) groups is 2. The van der Waals surface area contributed by atoms with Crippen molar-refractivity contribution < 1.29 is 14.7 Å². The average Bonchev–Trinajstić information content (AvgIpc) is 2.48. The topological polar surface area (TPSA) is 57.6 Å². The van der Waals surface area contributed by atoms with Crippen molar-refractivity contribution >= 4 is 40.4 Å². The Bertz CT molecular complexity index is 249. The number of nitrogens with zero attached hydrogens (tertiary/aromatic N) is 1. The number of likely N-dealkylation sites (tertiary alicyclic amines) is 1. The minimum absolute atomic E-state index is 0.0871. The third-order valence-electron chi connectivity index (χ3n) is 2.29. The van der Waals surface area contributed by atoms with Gasteiger partial charge < -0.3 is 10.0 Å². The van der Waals surface area contributed by atoms with Crippen LogP contribution >= 0.6 is 28.6 Å². The summed E-state index contributed by atoms with van der Waals surface area (Å²) in [4.78, 5) is 23.7. The summed E-state index contributed by atoms with van der Waals surface area (Å²) in [5.74, 6) is -0.681. The lowest BCUT2D eigenvalue weighted by molar-refractivity contribution is -0.147. The fourth-order valence-corrected chi connectivity index (χ4v) is 2.31. The molecule has 1 aliphatic rings. The quantitative estimate of drug-likeness (QED) is 0.587. The molecule has 1 rings (SSSR count). The van der Waals surface area contributed by atoms with Gasteiger partial charge in [-0.2, -0.15) is 12.6 Å². The molecule has 0 aromatic rings. The van der Waals surface area contributed by atoms with E-state index in [0.29, 0.717) is 13.0 Å². The highest BCUT2D eigenvalue weighted by molar-refractivity contribution is 9.09. The molecule has 1 saturated heterocycles. The second-order valence-electron chi connectivity index (χ2n) is 3.31. The van der Waals surface area contributed by atoms with Crippen LogP contribution < -0.4 is 0 Å². The van der Waals surface area contributed by atoms with Crippen molar-refractivity contribution in [2.75, 3.05) is 17.6 Å². The summed E-state index contributed by atoms with van der Waals surface area (Å²) < 4.78 is 0. The van der Waals surface area contributed by atoms with Gasteiger partial charge in [-0.05, 0) is 5.92 Å². The number of aliphatic carboxylic acids is 1. The summed E-state index contributed by atoms with van der Waals surface area (Å²) in [6.07, 6.45) is 0.433. The molecule has 0 bridgehead atoms. The first kappa shape index (κ1) is 11.8. The van der Waals surface area contributed by atoms with Gasteiger partial charge in [-0.1, -0.05) is 15.9 Å². The maximum Gasteiger partial charge on any atom is 0.327 e. The molecular formula is C8H12BrNO3S. The number of rotatable bonds is 4. The van der Waals surface area contributed by atoms with Crippen molar-refractivity contribution in [1.82, 2.24) is 4.90 Å². The third kappa shape index (κ3) is 2.42. The van der Waals surface area contributed by atoms with Crippen LogP contribution in [0.3, 0.4) is 0 Å². The predicted molar refractivity (Wildman–Crippen MR) is 58.9 cm³/mol. The Morgan fingerprint density at radius 1 is 1.79 bits per heavy atom. The van der Waals surface area contributed by atoms with E-state index in [1.54, 1.807) is 0 Å². The minimum atomic E-state index is -0.983. The average molecular weight is 282 g/mol. The Kier molecular flexibility index (Phi) is 4.25. The van der Waals surface area contributed by atoms with Crippen molar-refractivity contribution in [3.8, 4) is 0 Å². The van der Waals surface area contributed by atoms with E-state index in [0.717, 1.165) is 5.33 Å². The van der Waals surface area contributed by atoms with Crippen molar-refractivity contribution in [3.05, 3.63) is 0 Å². The molecule has 1 amide bonds. The van der Waals surface area contributed by atoms with Crippen LogP contribution in [0.2, 0.25) is 0 Å². The van der Waals surface area contributed by atoms with E-state index in [-0.39, 0.29) is 17.6 Å². The molecule has 1 N–H and O–H groups in total. The van der Waals surface area contributed by atoms with Gasteiger partial charge in [0.2, 0.25) is 5.91 Å². The molecule has 0 radical (unpaired) electrons. The fourth-order valence-electron chi connectivity index (χ4n) is 1.52. The summed E-state index contributed by atoms with van der Waals surface area (Å²) in [7, 11) is 0. The number of alkyl halides is 1. The Labute approximate surface area is 96.2 Å². The molecule has 1 heterocycles. The smallest absolute Gasteiger partial charge is 0.327 e. The first-order chi connectivity index (χ1) is 6.60. The minimum Gasteiger partial charge on any atom is -0.480 e. The first-order valence-electron chi connectivity index (χ1n) is 4.29. The number of thiol groups is 1. The van der Waals surface area contributed by atoms with Gasteiger partial charge in [-0.15, -0.1) is 0 Å². The van der Waals surface area contributed by atoms with E-state index in [4.69, 9.17) is 5.11 Å². The highest BCUT2D eigenvalue weighted by atomic mass is 79.9. The zero-order valence-electron chi connectivity index (χ0n) is 7.52. The number of halogens is 1. The van der Waals surface area contributed by atoms with Crippen LogP contribution in [0.5, 0.6) is 0 Å². The van der Waals surface area contributed by atoms with Gasteiger partial charge in [0.15, 0.2) is 0 Å². The largest absolute Gasteiger partial charge is 0.480 e. The van der Waals surface area contributed by atoms with Crippen molar-refractivity contribution in [2.24, 2.45) is 5.92 Å². The third-order valence-corrected chi connectivity index (χ3v) is 3.55. The first-order valence-corrected chi connectivity index (χ1v) is 6.04. The molecule has 0 spiro atoms. The summed E-state index contributed by atoms with van der Waals surface area (Å²) in [5.41, 5.74) is 0. The molecule has 0 aromatic heterocycles. The van der Waals surface area contributed by atoms with Gasteiger partial charge in [0.1, 0.15) is 6.04 Å². The van der Waals surface area contributed by atoms with Crippen LogP contribution in [0, 0.1) is 5.92 Å². The van der Waals surface area contributed by atoms with Gasteiger partial charge in [0.05, 0.1) is 0 Å². The molecular weight excluding hydrogens is 270 g/mol. The molecule has 6 heteroatoms. The zero-order chi connectivity index (χ0) is 10.7. The fraction of sp³-hybridized carbons (Fsp3) is 0.750. The second kappa shape index (κ2) is 5.02. The van der Waals surface area contributed by atoms with Crippen LogP contribution in [-0.4, -0.2) is 45.6 Å². The van der Waals surface area contributed by atoms with Gasteiger partial charge in [-0.3, -0.25) is 4.79 Å². The second-order valence-corrected chi connectivity index (χ2v) is 4.32. The Morgan fingerprint density at radius 2 is 2.43 bits per heavy atom. The SMILES string of the molecule is O=C(O)[C@H](CS)N1CC(CBr)CC1=O. The zero-order valence-corrected chi connectivity index (χ0v) is 10.00. The standard InChI is InChI=1S/C8H12BrNO3S/c9-2-5-1-7(11)10(3-5)6(4-14)8(12)13/h5-6,14H,1-4H2,(H,12,13)/t5?,6-/m0/s1. The van der Waals surface area contributed by atoms with E-state index in [1.807, 2.05) is 0 Å². The van der Waals surface area contributed by atoms with Crippen LogP contribution in [0.1, 0.15) is 6.42 Å². The lowest BCUT2D eigenvalue weighted by atomic mass is 10.2. The Hall–Kier alpha value is -0.230. The van der Waals surface area contributed by atoms with E-state index in [2.05, 4.69) is 28.6 Å². The summed E-state index contributed by atoms with van der Waals surface area (Å²) in [6.45, 7) is 0.515. The molecule has 4 nitrogen and oxygen atoms in total. The molecule has 1 fully saturated rings. The van der Waals surface area contributed by atoms with Gasteiger partial charge in [0, 0.05) is 24.0 Å². The van der Waals surface area contributed by atoms with E-state index in [9.17, 15) is 9.59 Å². The number of carboxylic acids is 1. The normalized spacial score (nSPS) is 24.0. The van der Waals surface area contributed by atoms with E-state index >= 15 is 0 Å². The summed E-state index contributed by atoms with van der Waals surface area (Å²) >= 11 is 7.24. The number of hydrogen-bond acceptors (Lipinski definition) is 3. The summed E-state index contributed by atoms with van der Waals surface area (Å²) in [6, 6.07) is -0.783. The number of carboxylic acid groups (broad SMARTS) is 1. The monoisotopic (exact) mass is 281 g/mol. The van der Waals surface area contributed by atoms with Crippen LogP contribution in [0.4, 0.5) is 0 Å². The van der Waals surface area contributed by atoms with Crippen molar-refractivity contribution in [3.63, 3.8) is 0 Å².